The van der Waals surface area contributed by atoms with Gasteiger partial charge in [0, 0.05) is 19.6 Å². The second-order valence-electron chi connectivity index (χ2n) is 6.89. The van der Waals surface area contributed by atoms with E-state index in [1.807, 2.05) is 18.9 Å². The Morgan fingerprint density at radius 1 is 1.12 bits per heavy atom. The zero-order chi connectivity index (χ0) is 20.1. The number of nitrogens with two attached hydrogens (primary N) is 1. The highest BCUT2D eigenvalue weighted by Crippen LogP contribution is 1.98. The minimum Gasteiger partial charge on any atom is -0.423 e. The number of hydrogen-bond donors (Lipinski definition) is 3. The Kier molecular flexibility index (Phi) is 12.6. The predicted octanol–water partition coefficient (Wildman–Crippen LogP) is 0.653. The van der Waals surface area contributed by atoms with E-state index in [2.05, 4.69) is 25.9 Å². The van der Waals surface area contributed by atoms with Crippen LogP contribution in [0.5, 0.6) is 0 Å². The number of rotatable bonds is 9. The Balaban J connectivity index is 0.000000660. The summed E-state index contributed by atoms with van der Waals surface area (Å²) in [5.41, 5.74) is 1.21. The first-order chi connectivity index (χ1) is 12.2. The van der Waals surface area contributed by atoms with Crippen molar-refractivity contribution in [2.75, 3.05) is 19.6 Å². The first-order valence-electron chi connectivity index (χ1n) is 8.91. The van der Waals surface area contributed by atoms with Crippen molar-refractivity contribution in [3.63, 3.8) is 0 Å². The fraction of sp³-hybridized carbons (Fsp3) is 0.556. The number of hydrazone groups is 1. The molecule has 0 spiro atoms. The average Bonchev–Trinajstić information content (AvgIpc) is 2.58. The highest BCUT2D eigenvalue weighted by Gasteiger charge is 2.09. The van der Waals surface area contributed by atoms with E-state index >= 15 is 0 Å². The molecule has 4 N–H and O–H groups in total. The van der Waals surface area contributed by atoms with E-state index < -0.39 is 7.12 Å². The van der Waals surface area contributed by atoms with Crippen molar-refractivity contribution >= 4 is 25.2 Å². The van der Waals surface area contributed by atoms with Gasteiger partial charge in [-0.3, -0.25) is 10.6 Å². The molecule has 0 heterocycles. The molecule has 1 aromatic rings. The summed E-state index contributed by atoms with van der Waals surface area (Å²) >= 11 is 0. The van der Waals surface area contributed by atoms with Crippen LogP contribution in [0.2, 0.25) is 0 Å². The normalized spacial score (nSPS) is 11.0. The minimum absolute atomic E-state index is 0.347. The van der Waals surface area contributed by atoms with Crippen molar-refractivity contribution in [1.82, 2.24) is 10.0 Å². The van der Waals surface area contributed by atoms with E-state index in [0.717, 1.165) is 18.7 Å². The zero-order valence-electron chi connectivity index (χ0n) is 16.5. The van der Waals surface area contributed by atoms with Gasteiger partial charge in [0.15, 0.2) is 0 Å². The summed E-state index contributed by atoms with van der Waals surface area (Å²) in [6.45, 7) is 12.9. The Morgan fingerprint density at radius 2 is 1.65 bits per heavy atom. The lowest BCUT2D eigenvalue weighted by Crippen LogP contribution is -2.33. The highest BCUT2D eigenvalue weighted by atomic mass is 16.4. The summed E-state index contributed by atoms with van der Waals surface area (Å²) in [5, 5.41) is 25.1. The Labute approximate surface area is 157 Å². The van der Waals surface area contributed by atoms with Gasteiger partial charge in [-0.2, -0.15) is 5.10 Å². The molecule has 1 rings (SSSR count). The van der Waals surface area contributed by atoms with E-state index in [1.165, 1.54) is 5.01 Å². The van der Waals surface area contributed by atoms with Crippen LogP contribution in [0.15, 0.2) is 29.4 Å². The maximum Gasteiger partial charge on any atom is 0.488 e. The molecule has 0 saturated carbocycles. The third-order valence-electron chi connectivity index (χ3n) is 3.27. The number of hydrazine groups is 1. The van der Waals surface area contributed by atoms with Gasteiger partial charge in [0.05, 0.1) is 6.21 Å². The number of amides is 1. The van der Waals surface area contributed by atoms with E-state index in [9.17, 15) is 4.79 Å². The second kappa shape index (κ2) is 13.5. The molecule has 26 heavy (non-hydrogen) atoms. The maximum atomic E-state index is 10.8. The molecule has 0 unspecified atom stereocenters. The molecule has 0 aliphatic heterocycles. The van der Waals surface area contributed by atoms with Crippen LogP contribution in [-0.2, 0) is 4.79 Å². The Hall–Kier alpha value is -1.74. The van der Waals surface area contributed by atoms with Crippen molar-refractivity contribution in [2.24, 2.45) is 22.8 Å². The van der Waals surface area contributed by atoms with Crippen molar-refractivity contribution in [2.45, 2.75) is 34.6 Å². The monoisotopic (exact) mass is 364 g/mol. The third-order valence-corrected chi connectivity index (χ3v) is 3.27. The Morgan fingerprint density at radius 3 is 2.00 bits per heavy atom. The van der Waals surface area contributed by atoms with Gasteiger partial charge in [-0.05, 0) is 22.9 Å². The molecule has 8 heteroatoms. The topological polar surface area (TPSA) is 102 Å². The third kappa shape index (κ3) is 11.8. The predicted molar refractivity (Wildman–Crippen MR) is 108 cm³/mol. The fourth-order valence-electron chi connectivity index (χ4n) is 1.98. The summed E-state index contributed by atoms with van der Waals surface area (Å²) in [6.07, 6.45) is 2.24. The van der Waals surface area contributed by atoms with Crippen LogP contribution in [0.25, 0.3) is 0 Å². The Bertz CT molecular complexity index is 522. The second-order valence-corrected chi connectivity index (χ2v) is 6.89. The summed E-state index contributed by atoms with van der Waals surface area (Å²) < 4.78 is 0. The van der Waals surface area contributed by atoms with Crippen molar-refractivity contribution in [3.8, 4) is 0 Å². The van der Waals surface area contributed by atoms with Gasteiger partial charge in [-0.1, -0.05) is 58.9 Å². The molecule has 1 amide bonds. The summed E-state index contributed by atoms with van der Waals surface area (Å²) in [5.74, 6) is 6.53. The largest absolute Gasteiger partial charge is 0.488 e. The van der Waals surface area contributed by atoms with Gasteiger partial charge in [0.25, 0.3) is 0 Å². The van der Waals surface area contributed by atoms with Gasteiger partial charge in [0.2, 0.25) is 6.41 Å². The summed E-state index contributed by atoms with van der Waals surface area (Å²) in [4.78, 5) is 10.8. The molecular formula is C18H33BN4O3. The van der Waals surface area contributed by atoms with E-state index in [4.69, 9.17) is 15.9 Å². The van der Waals surface area contributed by atoms with Crippen LogP contribution >= 0.6 is 0 Å². The van der Waals surface area contributed by atoms with Crippen LogP contribution in [0, 0.1) is 11.8 Å². The molecule has 0 radical (unpaired) electrons. The zero-order valence-corrected chi connectivity index (χ0v) is 16.5. The molecule has 0 aliphatic rings. The fourth-order valence-corrected chi connectivity index (χ4v) is 1.98. The SMILES string of the molecule is CC(C)CN(C=O)/N=C/c1ccc(B(O)O)cc1.CCN(N)CC(C)C. The van der Waals surface area contributed by atoms with E-state index in [-0.39, 0.29) is 0 Å². The van der Waals surface area contributed by atoms with E-state index in [1.54, 1.807) is 30.5 Å². The molecule has 1 aromatic carbocycles. The van der Waals surface area contributed by atoms with Gasteiger partial charge in [-0.25, -0.2) is 10.0 Å². The van der Waals surface area contributed by atoms with Gasteiger partial charge >= 0.3 is 7.12 Å². The molecule has 0 saturated heterocycles. The van der Waals surface area contributed by atoms with Crippen LogP contribution in [-0.4, -0.2) is 59.4 Å². The van der Waals surface area contributed by atoms with Gasteiger partial charge in [0.1, 0.15) is 0 Å². The first kappa shape index (κ1) is 24.3. The van der Waals surface area contributed by atoms with Crippen LogP contribution in [0.1, 0.15) is 40.2 Å². The molecule has 0 aliphatic carbocycles. The lowest BCUT2D eigenvalue weighted by atomic mass is 9.80. The minimum atomic E-state index is -1.47. The van der Waals surface area contributed by atoms with Crippen molar-refractivity contribution < 1.29 is 14.8 Å². The number of hydrogen-bond acceptors (Lipinski definition) is 6. The van der Waals surface area contributed by atoms with Gasteiger partial charge < -0.3 is 10.0 Å². The lowest BCUT2D eigenvalue weighted by Gasteiger charge is -2.15. The number of carbonyl (C=O) groups excluding carboxylic acids is 1. The molecule has 7 nitrogen and oxygen atoms in total. The van der Waals surface area contributed by atoms with Gasteiger partial charge in [-0.15, -0.1) is 0 Å². The molecule has 146 valence electrons. The first-order valence-corrected chi connectivity index (χ1v) is 8.91. The van der Waals surface area contributed by atoms with Crippen molar-refractivity contribution in [1.29, 1.82) is 0 Å². The molecule has 0 atom stereocenters. The summed E-state index contributed by atoms with van der Waals surface area (Å²) in [7, 11) is -1.47. The highest BCUT2D eigenvalue weighted by molar-refractivity contribution is 6.58. The van der Waals surface area contributed by atoms with E-state index in [0.29, 0.717) is 30.3 Å². The molecule has 0 aromatic heterocycles. The molecule has 0 fully saturated rings. The van der Waals surface area contributed by atoms with Crippen LogP contribution in [0.4, 0.5) is 0 Å². The standard InChI is InChI=1S/C12H17BN2O3.C6H16N2/c1-10(2)8-15(9-16)14-7-11-3-5-12(6-4-11)13(17)18;1-4-8(7)5-6(2)3/h3-7,9-10,17-18H,8H2,1-2H3;6H,4-5,7H2,1-3H3/b14-7+;. The number of carbonyl (C=O) groups is 1. The van der Waals surface area contributed by atoms with Crippen LogP contribution < -0.4 is 11.3 Å². The summed E-state index contributed by atoms with van der Waals surface area (Å²) in [6, 6.07) is 6.60. The quantitative estimate of drug-likeness (QED) is 0.196. The maximum absolute atomic E-state index is 10.8. The number of benzene rings is 1. The lowest BCUT2D eigenvalue weighted by molar-refractivity contribution is -0.118. The molecule has 0 bridgehead atoms. The molecular weight excluding hydrogens is 331 g/mol. The average molecular weight is 364 g/mol. The smallest absolute Gasteiger partial charge is 0.423 e. The van der Waals surface area contributed by atoms with Crippen molar-refractivity contribution in [3.05, 3.63) is 29.8 Å². The number of nitrogens with zero attached hydrogens (tertiary/aromatic N) is 3. The van der Waals surface area contributed by atoms with Crippen LogP contribution in [0.3, 0.4) is 0 Å².